The first-order valence-corrected chi connectivity index (χ1v) is 10.3. The minimum atomic E-state index is -0.671. The Morgan fingerprint density at radius 3 is 2.52 bits per heavy atom. The SMILES string of the molecule is CCOC(=O)c1c(-c2ccc(OC)cc2)csc1NC(=O)c1ccc(Cl)c([N+](=O)[O-])c1. The van der Waals surface area contributed by atoms with Crippen molar-refractivity contribution in [1.82, 2.24) is 0 Å². The molecule has 0 saturated carbocycles. The topological polar surface area (TPSA) is 108 Å². The lowest BCUT2D eigenvalue weighted by Crippen LogP contribution is -2.15. The molecule has 31 heavy (non-hydrogen) atoms. The maximum Gasteiger partial charge on any atom is 0.341 e. The summed E-state index contributed by atoms with van der Waals surface area (Å²) in [6.07, 6.45) is 0. The molecule has 1 amide bonds. The summed E-state index contributed by atoms with van der Waals surface area (Å²) in [5.74, 6) is -0.546. The quantitative estimate of drug-likeness (QED) is 0.287. The molecule has 0 saturated heterocycles. The van der Waals surface area contributed by atoms with Crippen LogP contribution in [0.3, 0.4) is 0 Å². The zero-order valence-corrected chi connectivity index (χ0v) is 18.1. The standard InChI is InChI=1S/C21H17ClN2O6S/c1-3-30-21(26)18-15(12-4-7-14(29-2)8-5-12)11-31-20(18)23-19(25)13-6-9-16(22)17(10-13)24(27)28/h4-11H,3H2,1-2H3,(H,23,25). The molecule has 0 bridgehead atoms. The number of amides is 1. The molecule has 0 aliphatic rings. The van der Waals surface area contributed by atoms with Gasteiger partial charge in [0.1, 0.15) is 21.3 Å². The molecule has 0 aliphatic heterocycles. The molecule has 0 radical (unpaired) electrons. The molecule has 0 fully saturated rings. The monoisotopic (exact) mass is 460 g/mol. The molecule has 1 N–H and O–H groups in total. The Morgan fingerprint density at radius 1 is 1.19 bits per heavy atom. The van der Waals surface area contributed by atoms with Crippen molar-refractivity contribution in [2.45, 2.75) is 6.92 Å². The molecule has 10 heteroatoms. The number of hydrogen-bond acceptors (Lipinski definition) is 7. The number of thiophene rings is 1. The maximum absolute atomic E-state index is 12.7. The van der Waals surface area contributed by atoms with Crippen molar-refractivity contribution in [1.29, 1.82) is 0 Å². The molecule has 0 aliphatic carbocycles. The number of esters is 1. The van der Waals surface area contributed by atoms with Crippen LogP contribution in [0.4, 0.5) is 10.7 Å². The zero-order chi connectivity index (χ0) is 22.5. The predicted molar refractivity (Wildman–Crippen MR) is 118 cm³/mol. The number of rotatable bonds is 7. The molecular weight excluding hydrogens is 444 g/mol. The smallest absolute Gasteiger partial charge is 0.341 e. The van der Waals surface area contributed by atoms with Crippen LogP contribution in [0, 0.1) is 10.1 Å². The van der Waals surface area contributed by atoms with E-state index in [9.17, 15) is 19.7 Å². The van der Waals surface area contributed by atoms with Crippen LogP contribution in [0.5, 0.6) is 5.75 Å². The van der Waals surface area contributed by atoms with Gasteiger partial charge in [-0.25, -0.2) is 4.79 Å². The Bertz CT molecular complexity index is 1140. The Kier molecular flexibility index (Phi) is 6.88. The first-order chi connectivity index (χ1) is 14.8. The normalized spacial score (nSPS) is 10.4. The Balaban J connectivity index is 1.98. The predicted octanol–water partition coefficient (Wildman–Crippen LogP) is 5.41. The van der Waals surface area contributed by atoms with Crippen molar-refractivity contribution in [3.8, 4) is 16.9 Å². The third-order valence-corrected chi connectivity index (χ3v) is 5.52. The van der Waals surface area contributed by atoms with E-state index in [-0.39, 0.29) is 33.4 Å². The van der Waals surface area contributed by atoms with Crippen molar-refractivity contribution in [2.24, 2.45) is 0 Å². The van der Waals surface area contributed by atoms with Crippen molar-refractivity contribution >= 4 is 45.5 Å². The molecule has 0 unspecified atom stereocenters. The molecular formula is C21H17ClN2O6S. The highest BCUT2D eigenvalue weighted by Gasteiger charge is 2.24. The van der Waals surface area contributed by atoms with Crippen molar-refractivity contribution in [2.75, 3.05) is 19.0 Å². The Morgan fingerprint density at radius 2 is 1.90 bits per heavy atom. The molecule has 3 aromatic rings. The summed E-state index contributed by atoms with van der Waals surface area (Å²) in [5.41, 5.74) is 1.18. The number of ether oxygens (including phenoxy) is 2. The highest BCUT2D eigenvalue weighted by atomic mass is 35.5. The van der Waals surface area contributed by atoms with Crippen LogP contribution in [-0.4, -0.2) is 30.5 Å². The van der Waals surface area contributed by atoms with Gasteiger partial charge in [-0.1, -0.05) is 23.7 Å². The summed E-state index contributed by atoms with van der Waals surface area (Å²) < 4.78 is 10.3. The number of nitro benzene ring substituents is 1. The van der Waals surface area contributed by atoms with Crippen LogP contribution >= 0.6 is 22.9 Å². The fraction of sp³-hybridized carbons (Fsp3) is 0.143. The fourth-order valence-corrected chi connectivity index (χ4v) is 3.95. The minimum Gasteiger partial charge on any atom is -0.497 e. The van der Waals surface area contributed by atoms with Gasteiger partial charge in [0.05, 0.1) is 18.6 Å². The van der Waals surface area contributed by atoms with Gasteiger partial charge in [-0.3, -0.25) is 14.9 Å². The highest BCUT2D eigenvalue weighted by molar-refractivity contribution is 7.15. The number of benzene rings is 2. The number of nitrogens with zero attached hydrogens (tertiary/aromatic N) is 1. The molecule has 1 heterocycles. The van der Waals surface area contributed by atoms with Crippen LogP contribution in [0.1, 0.15) is 27.6 Å². The molecule has 160 valence electrons. The second-order valence-corrected chi connectivity index (χ2v) is 7.47. The Hall–Kier alpha value is -3.43. The number of nitro groups is 1. The number of anilines is 1. The van der Waals surface area contributed by atoms with Crippen LogP contribution in [0.2, 0.25) is 5.02 Å². The third-order valence-electron chi connectivity index (χ3n) is 4.30. The van der Waals surface area contributed by atoms with E-state index in [2.05, 4.69) is 5.32 Å². The molecule has 0 spiro atoms. The van der Waals surface area contributed by atoms with Crippen LogP contribution in [0.15, 0.2) is 47.8 Å². The summed E-state index contributed by atoms with van der Waals surface area (Å²) >= 11 is 6.96. The first-order valence-electron chi connectivity index (χ1n) is 9.04. The zero-order valence-electron chi connectivity index (χ0n) is 16.5. The lowest BCUT2D eigenvalue weighted by molar-refractivity contribution is -0.384. The molecule has 0 atom stereocenters. The number of carbonyl (C=O) groups excluding carboxylic acids is 2. The summed E-state index contributed by atoms with van der Waals surface area (Å²) in [5, 5.41) is 15.7. The molecule has 1 aromatic heterocycles. The van der Waals surface area contributed by atoms with Gasteiger partial charge in [0.2, 0.25) is 0 Å². The van der Waals surface area contributed by atoms with E-state index in [1.807, 2.05) is 0 Å². The lowest BCUT2D eigenvalue weighted by atomic mass is 10.0. The van der Waals surface area contributed by atoms with Gasteiger partial charge in [0.15, 0.2) is 0 Å². The average Bonchev–Trinajstić information content (AvgIpc) is 3.17. The Labute approximate surface area is 186 Å². The molecule has 8 nitrogen and oxygen atoms in total. The second kappa shape index (κ2) is 9.59. The van der Waals surface area contributed by atoms with Gasteiger partial charge in [-0.2, -0.15) is 0 Å². The van der Waals surface area contributed by atoms with E-state index in [4.69, 9.17) is 21.1 Å². The van der Waals surface area contributed by atoms with Crippen molar-refractivity contribution in [3.05, 3.63) is 74.1 Å². The number of hydrogen-bond donors (Lipinski definition) is 1. The highest BCUT2D eigenvalue weighted by Crippen LogP contribution is 2.37. The van der Waals surface area contributed by atoms with Gasteiger partial charge in [-0.15, -0.1) is 11.3 Å². The van der Waals surface area contributed by atoms with E-state index in [1.54, 1.807) is 43.7 Å². The number of methoxy groups -OCH3 is 1. The summed E-state index contributed by atoms with van der Waals surface area (Å²) in [7, 11) is 1.55. The van der Waals surface area contributed by atoms with Gasteiger partial charge < -0.3 is 14.8 Å². The minimum absolute atomic E-state index is 0.0327. The maximum atomic E-state index is 12.7. The van der Waals surface area contributed by atoms with Gasteiger partial charge in [0, 0.05) is 22.6 Å². The van der Waals surface area contributed by atoms with Crippen LogP contribution < -0.4 is 10.1 Å². The van der Waals surface area contributed by atoms with Gasteiger partial charge in [-0.05, 0) is 36.8 Å². The summed E-state index contributed by atoms with van der Waals surface area (Å²) in [6.45, 7) is 1.84. The average molecular weight is 461 g/mol. The molecule has 2 aromatic carbocycles. The number of halogens is 1. The van der Waals surface area contributed by atoms with Crippen LogP contribution in [0.25, 0.3) is 11.1 Å². The van der Waals surface area contributed by atoms with Crippen molar-refractivity contribution < 1.29 is 24.0 Å². The van der Waals surface area contributed by atoms with E-state index in [1.165, 1.54) is 12.1 Å². The first kappa shape index (κ1) is 22.3. The third kappa shape index (κ3) is 4.84. The van der Waals surface area contributed by atoms with E-state index >= 15 is 0 Å². The summed E-state index contributed by atoms with van der Waals surface area (Å²) in [4.78, 5) is 35.8. The number of nitrogens with one attached hydrogen (secondary N) is 1. The van der Waals surface area contributed by atoms with E-state index in [0.29, 0.717) is 11.3 Å². The van der Waals surface area contributed by atoms with E-state index < -0.39 is 16.8 Å². The van der Waals surface area contributed by atoms with E-state index in [0.717, 1.165) is 23.0 Å². The largest absolute Gasteiger partial charge is 0.497 e. The van der Waals surface area contributed by atoms with Crippen molar-refractivity contribution in [3.63, 3.8) is 0 Å². The fourth-order valence-electron chi connectivity index (χ4n) is 2.81. The van der Waals surface area contributed by atoms with Crippen LogP contribution in [-0.2, 0) is 4.74 Å². The van der Waals surface area contributed by atoms with Gasteiger partial charge in [0.25, 0.3) is 11.6 Å². The molecule has 3 rings (SSSR count). The second-order valence-electron chi connectivity index (χ2n) is 6.18. The van der Waals surface area contributed by atoms with Gasteiger partial charge >= 0.3 is 5.97 Å². The number of carbonyl (C=O) groups is 2. The summed E-state index contributed by atoms with van der Waals surface area (Å²) in [6, 6.07) is 10.8. The lowest BCUT2D eigenvalue weighted by Gasteiger charge is -2.09.